The summed E-state index contributed by atoms with van der Waals surface area (Å²) in [5, 5.41) is 4.19. The monoisotopic (exact) mass is 369 g/mol. The third-order valence-electron chi connectivity index (χ3n) is 5.13. The van der Waals surface area contributed by atoms with Gasteiger partial charge in [0.05, 0.1) is 5.39 Å². The number of fused-ring (bicyclic) bond motifs is 1. The molecule has 1 saturated heterocycles. The van der Waals surface area contributed by atoms with E-state index >= 15 is 0 Å². The number of rotatable bonds is 6. The van der Waals surface area contributed by atoms with Gasteiger partial charge in [0.2, 0.25) is 5.91 Å². The Morgan fingerprint density at radius 3 is 2.93 bits per heavy atom. The van der Waals surface area contributed by atoms with Crippen molar-refractivity contribution in [3.8, 4) is 0 Å². The van der Waals surface area contributed by atoms with Crippen molar-refractivity contribution in [2.45, 2.75) is 39.7 Å². The maximum atomic E-state index is 12.7. The predicted octanol–water partition coefficient (Wildman–Crippen LogP) is 3.02. The SMILES string of the molecule is C=CC(=O)N1CC[C@@H](C)[C@@H](Nc2ncnc3[nH]cc(C(=O)CC(C)C)c23)C1. The summed E-state index contributed by atoms with van der Waals surface area (Å²) >= 11 is 0. The number of nitrogens with zero attached hydrogens (tertiary/aromatic N) is 3. The smallest absolute Gasteiger partial charge is 0.246 e. The van der Waals surface area contributed by atoms with Crippen LogP contribution >= 0.6 is 0 Å². The number of ketones is 1. The van der Waals surface area contributed by atoms with E-state index in [9.17, 15) is 9.59 Å². The van der Waals surface area contributed by atoms with Gasteiger partial charge in [0.1, 0.15) is 17.8 Å². The van der Waals surface area contributed by atoms with Crippen molar-refractivity contribution in [2.75, 3.05) is 18.4 Å². The number of amides is 1. The Kier molecular flexibility index (Phi) is 5.58. The van der Waals surface area contributed by atoms with Gasteiger partial charge in [-0.2, -0.15) is 0 Å². The van der Waals surface area contributed by atoms with Gasteiger partial charge in [-0.05, 0) is 24.3 Å². The van der Waals surface area contributed by atoms with Crippen molar-refractivity contribution in [1.82, 2.24) is 19.9 Å². The Bertz CT molecular complexity index is 857. The first-order valence-corrected chi connectivity index (χ1v) is 9.43. The van der Waals surface area contributed by atoms with E-state index in [1.807, 2.05) is 13.8 Å². The van der Waals surface area contributed by atoms with Crippen LogP contribution in [0, 0.1) is 11.8 Å². The quantitative estimate of drug-likeness (QED) is 0.603. The van der Waals surface area contributed by atoms with Crippen LogP contribution in [0.2, 0.25) is 0 Å². The first-order chi connectivity index (χ1) is 12.9. The number of Topliss-reactive ketones (excluding diaryl/α,β-unsaturated/α-hetero) is 1. The number of hydrogen-bond acceptors (Lipinski definition) is 5. The molecule has 0 aliphatic carbocycles. The molecular formula is C20H27N5O2. The second-order valence-corrected chi connectivity index (χ2v) is 7.67. The molecule has 0 bridgehead atoms. The van der Waals surface area contributed by atoms with Gasteiger partial charge >= 0.3 is 0 Å². The molecule has 144 valence electrons. The molecule has 2 atom stereocenters. The van der Waals surface area contributed by atoms with E-state index in [2.05, 4.69) is 33.8 Å². The molecule has 0 unspecified atom stereocenters. The van der Waals surface area contributed by atoms with Gasteiger partial charge in [-0.3, -0.25) is 9.59 Å². The van der Waals surface area contributed by atoms with Gasteiger partial charge in [0.15, 0.2) is 5.78 Å². The molecule has 1 amide bonds. The lowest BCUT2D eigenvalue weighted by molar-refractivity contribution is -0.127. The summed E-state index contributed by atoms with van der Waals surface area (Å²) in [6.07, 6.45) is 5.93. The minimum absolute atomic E-state index is 0.0451. The van der Waals surface area contributed by atoms with E-state index < -0.39 is 0 Å². The van der Waals surface area contributed by atoms with Crippen molar-refractivity contribution >= 4 is 28.5 Å². The molecule has 7 nitrogen and oxygen atoms in total. The van der Waals surface area contributed by atoms with Gasteiger partial charge < -0.3 is 15.2 Å². The van der Waals surface area contributed by atoms with Crippen LogP contribution in [0.3, 0.4) is 0 Å². The van der Waals surface area contributed by atoms with Crippen molar-refractivity contribution in [2.24, 2.45) is 11.8 Å². The Balaban J connectivity index is 1.90. The predicted molar refractivity (Wildman–Crippen MR) is 106 cm³/mol. The standard InChI is InChI=1S/C20H27N5O2/c1-5-17(27)25-7-6-13(4)15(10-25)24-20-18-14(16(26)8-12(2)3)9-21-19(18)22-11-23-20/h5,9,11-13,15H,1,6-8,10H2,2-4H3,(H2,21,22,23,24)/t13-,15+/m1/s1. The minimum Gasteiger partial charge on any atom is -0.365 e. The Hall–Kier alpha value is -2.70. The molecule has 0 aromatic carbocycles. The number of nitrogens with one attached hydrogen (secondary N) is 2. The molecule has 1 fully saturated rings. The van der Waals surface area contributed by atoms with Crippen LogP contribution in [-0.4, -0.2) is 50.7 Å². The van der Waals surface area contributed by atoms with E-state index in [0.29, 0.717) is 35.9 Å². The summed E-state index contributed by atoms with van der Waals surface area (Å²) in [4.78, 5) is 38.2. The van der Waals surface area contributed by atoms with E-state index in [1.165, 1.54) is 12.4 Å². The molecule has 3 heterocycles. The number of aromatic nitrogens is 3. The molecule has 1 aliphatic rings. The highest BCUT2D eigenvalue weighted by molar-refractivity contribution is 6.10. The number of carbonyl (C=O) groups excluding carboxylic acids is 2. The topological polar surface area (TPSA) is 91.0 Å². The fourth-order valence-electron chi connectivity index (χ4n) is 3.54. The summed E-state index contributed by atoms with van der Waals surface area (Å²) in [6.45, 7) is 11.1. The average Bonchev–Trinajstić information content (AvgIpc) is 3.07. The molecule has 3 rings (SSSR count). The fourth-order valence-corrected chi connectivity index (χ4v) is 3.54. The summed E-state index contributed by atoms with van der Waals surface area (Å²) in [5.74, 6) is 1.31. The molecule has 0 radical (unpaired) electrons. The molecule has 1 aliphatic heterocycles. The normalized spacial score (nSPS) is 20.1. The number of anilines is 1. The maximum absolute atomic E-state index is 12.7. The molecule has 0 spiro atoms. The third kappa shape index (κ3) is 4.02. The third-order valence-corrected chi connectivity index (χ3v) is 5.13. The van der Waals surface area contributed by atoms with Crippen molar-refractivity contribution in [3.63, 3.8) is 0 Å². The van der Waals surface area contributed by atoms with Gasteiger partial charge in [0.25, 0.3) is 0 Å². The highest BCUT2D eigenvalue weighted by Crippen LogP contribution is 2.28. The number of piperidine rings is 1. The van der Waals surface area contributed by atoms with Crippen LogP contribution in [0.5, 0.6) is 0 Å². The number of H-pyrrole nitrogens is 1. The number of aromatic amines is 1. The van der Waals surface area contributed by atoms with Gasteiger partial charge in [-0.25, -0.2) is 9.97 Å². The second-order valence-electron chi connectivity index (χ2n) is 7.67. The van der Waals surface area contributed by atoms with Crippen LogP contribution < -0.4 is 5.32 Å². The van der Waals surface area contributed by atoms with Crippen LogP contribution in [0.15, 0.2) is 25.2 Å². The lowest BCUT2D eigenvalue weighted by Gasteiger charge is -2.37. The zero-order valence-electron chi connectivity index (χ0n) is 16.2. The molecule has 27 heavy (non-hydrogen) atoms. The Labute approximate surface area is 159 Å². The Morgan fingerprint density at radius 2 is 2.22 bits per heavy atom. The van der Waals surface area contributed by atoms with Gasteiger partial charge in [-0.15, -0.1) is 0 Å². The highest BCUT2D eigenvalue weighted by atomic mass is 16.2. The van der Waals surface area contributed by atoms with Crippen molar-refractivity contribution in [3.05, 3.63) is 30.7 Å². The first kappa shape index (κ1) is 19.1. The molecule has 7 heteroatoms. The summed E-state index contributed by atoms with van der Waals surface area (Å²) in [5.41, 5.74) is 1.26. The number of hydrogen-bond donors (Lipinski definition) is 2. The van der Waals surface area contributed by atoms with Crippen LogP contribution in [0.1, 0.15) is 44.0 Å². The molecular weight excluding hydrogens is 342 g/mol. The summed E-state index contributed by atoms with van der Waals surface area (Å²) < 4.78 is 0. The molecule has 2 N–H and O–H groups in total. The van der Waals surface area contributed by atoms with Crippen LogP contribution in [0.25, 0.3) is 11.0 Å². The Morgan fingerprint density at radius 1 is 1.44 bits per heavy atom. The van der Waals surface area contributed by atoms with Gasteiger partial charge in [-0.1, -0.05) is 27.4 Å². The van der Waals surface area contributed by atoms with Gasteiger partial charge in [0, 0.05) is 37.3 Å². The lowest BCUT2D eigenvalue weighted by Crippen LogP contribution is -2.48. The van der Waals surface area contributed by atoms with E-state index in [1.54, 1.807) is 11.1 Å². The van der Waals surface area contributed by atoms with Crippen molar-refractivity contribution < 1.29 is 9.59 Å². The lowest BCUT2D eigenvalue weighted by atomic mass is 9.93. The van der Waals surface area contributed by atoms with Crippen molar-refractivity contribution in [1.29, 1.82) is 0 Å². The highest BCUT2D eigenvalue weighted by Gasteiger charge is 2.29. The van der Waals surface area contributed by atoms with Crippen LogP contribution in [-0.2, 0) is 4.79 Å². The molecule has 2 aromatic heterocycles. The summed E-state index contributed by atoms with van der Waals surface area (Å²) in [6, 6.07) is 0.0451. The first-order valence-electron chi connectivity index (χ1n) is 9.43. The molecule has 0 saturated carbocycles. The zero-order chi connectivity index (χ0) is 19.6. The second kappa shape index (κ2) is 7.90. The average molecular weight is 369 g/mol. The molecule has 2 aromatic rings. The number of likely N-dealkylation sites (tertiary alicyclic amines) is 1. The largest absolute Gasteiger partial charge is 0.365 e. The minimum atomic E-state index is -0.0593. The maximum Gasteiger partial charge on any atom is 0.246 e. The number of carbonyl (C=O) groups is 2. The van der Waals surface area contributed by atoms with E-state index in [-0.39, 0.29) is 23.7 Å². The fraction of sp³-hybridized carbons (Fsp3) is 0.500. The zero-order valence-corrected chi connectivity index (χ0v) is 16.2. The summed E-state index contributed by atoms with van der Waals surface area (Å²) in [7, 11) is 0. The van der Waals surface area contributed by atoms with E-state index in [0.717, 1.165) is 18.4 Å². The van der Waals surface area contributed by atoms with E-state index in [4.69, 9.17) is 0 Å². The van der Waals surface area contributed by atoms with Crippen LogP contribution in [0.4, 0.5) is 5.82 Å².